The van der Waals surface area contributed by atoms with Gasteiger partial charge >= 0.3 is 0 Å². The van der Waals surface area contributed by atoms with Gasteiger partial charge in [-0.3, -0.25) is 20.2 Å². The molecule has 0 radical (unpaired) electrons. The normalized spacial score (nSPS) is 20.2. The first-order chi connectivity index (χ1) is 16.4. The van der Waals surface area contributed by atoms with E-state index in [0.717, 1.165) is 6.07 Å². The Bertz CT molecular complexity index is 767. The van der Waals surface area contributed by atoms with Crippen molar-refractivity contribution >= 4 is 17.1 Å². The molecule has 1 aromatic rings. The van der Waals surface area contributed by atoms with Crippen LogP contribution < -0.4 is 5.32 Å². The summed E-state index contributed by atoms with van der Waals surface area (Å²) in [6.45, 7) is 3.20. The number of hydrogen-bond acceptors (Lipinski definition) is 12. The van der Waals surface area contributed by atoms with E-state index >= 15 is 0 Å². The van der Waals surface area contributed by atoms with Gasteiger partial charge in [0.25, 0.3) is 11.4 Å². The van der Waals surface area contributed by atoms with Gasteiger partial charge in [-0.2, -0.15) is 0 Å². The Hall–Kier alpha value is -2.46. The number of non-ortho nitro benzene ring substituents is 1. The molecule has 3 atom stereocenters. The first-order valence-corrected chi connectivity index (χ1v) is 10.9. The molecule has 2 rings (SSSR count). The molecular weight excluding hydrogens is 458 g/mol. The highest BCUT2D eigenvalue weighted by Gasteiger charge is 2.31. The van der Waals surface area contributed by atoms with Gasteiger partial charge in [-0.25, -0.2) is 0 Å². The van der Waals surface area contributed by atoms with Crippen molar-refractivity contribution in [2.75, 3.05) is 71.3 Å². The molecule has 1 aliphatic rings. The van der Waals surface area contributed by atoms with Crippen LogP contribution in [-0.4, -0.2) is 104 Å². The second-order valence-electron chi connectivity index (χ2n) is 7.31. The van der Waals surface area contributed by atoms with Crippen LogP contribution in [0.3, 0.4) is 0 Å². The highest BCUT2D eigenvalue weighted by atomic mass is 16.6. The molecule has 1 saturated heterocycles. The fourth-order valence-electron chi connectivity index (χ4n) is 3.06. The predicted octanol–water partition coefficient (Wildman–Crippen LogP) is 0.492. The van der Waals surface area contributed by atoms with Crippen molar-refractivity contribution in [3.8, 4) is 0 Å². The zero-order valence-electron chi connectivity index (χ0n) is 18.7. The second kappa shape index (κ2) is 15.4. The summed E-state index contributed by atoms with van der Waals surface area (Å²) in [5, 5.41) is 44.0. The number of nitrogens with one attached hydrogen (secondary N) is 1. The molecule has 34 heavy (non-hydrogen) atoms. The Morgan fingerprint density at radius 2 is 1.56 bits per heavy atom. The van der Waals surface area contributed by atoms with Crippen LogP contribution in [0.25, 0.3) is 0 Å². The minimum atomic E-state index is -0.943. The number of rotatable bonds is 17. The van der Waals surface area contributed by atoms with Crippen LogP contribution in [0.2, 0.25) is 0 Å². The molecule has 0 amide bonds. The summed E-state index contributed by atoms with van der Waals surface area (Å²) >= 11 is 0. The van der Waals surface area contributed by atoms with E-state index < -0.39 is 28.2 Å². The quantitative estimate of drug-likeness (QED) is 0.156. The Morgan fingerprint density at radius 3 is 2.18 bits per heavy atom. The Kier molecular flexibility index (Phi) is 12.6. The van der Waals surface area contributed by atoms with Crippen LogP contribution in [0.15, 0.2) is 18.2 Å². The molecule has 0 saturated carbocycles. The molecule has 1 heterocycles. The number of benzene rings is 1. The highest BCUT2D eigenvalue weighted by Crippen LogP contribution is 2.28. The lowest BCUT2D eigenvalue weighted by molar-refractivity contribution is -0.393. The third kappa shape index (κ3) is 9.80. The van der Waals surface area contributed by atoms with Crippen LogP contribution in [0.4, 0.5) is 17.1 Å². The first-order valence-electron chi connectivity index (χ1n) is 10.9. The smallest absolute Gasteiger partial charge is 0.299 e. The minimum Gasteiger partial charge on any atom is -0.390 e. The van der Waals surface area contributed by atoms with Crippen molar-refractivity contribution in [2.45, 2.75) is 24.7 Å². The minimum absolute atomic E-state index is 0.177. The van der Waals surface area contributed by atoms with Gasteiger partial charge in [0.2, 0.25) is 0 Å². The summed E-state index contributed by atoms with van der Waals surface area (Å²) in [4.78, 5) is 20.4. The van der Waals surface area contributed by atoms with Gasteiger partial charge in [-0.1, -0.05) is 0 Å². The van der Waals surface area contributed by atoms with Crippen molar-refractivity contribution in [1.29, 1.82) is 0 Å². The summed E-state index contributed by atoms with van der Waals surface area (Å²) in [6, 6.07) is 3.40. The lowest BCUT2D eigenvalue weighted by Crippen LogP contribution is -2.46. The maximum Gasteiger partial charge on any atom is 0.299 e. The third-order valence-corrected chi connectivity index (χ3v) is 4.87. The van der Waals surface area contributed by atoms with Gasteiger partial charge in [0.1, 0.15) is 17.9 Å². The molecule has 0 bridgehead atoms. The van der Waals surface area contributed by atoms with E-state index in [9.17, 15) is 30.4 Å². The summed E-state index contributed by atoms with van der Waals surface area (Å²) in [5.41, 5.74) is -0.546. The molecule has 14 nitrogen and oxygen atoms in total. The topological polar surface area (TPSA) is 185 Å². The van der Waals surface area contributed by atoms with Crippen molar-refractivity contribution in [3.63, 3.8) is 0 Å². The predicted molar refractivity (Wildman–Crippen MR) is 118 cm³/mol. The summed E-state index contributed by atoms with van der Waals surface area (Å²) in [7, 11) is 0. The van der Waals surface area contributed by atoms with Gasteiger partial charge in [0, 0.05) is 19.2 Å². The number of nitro groups is 2. The van der Waals surface area contributed by atoms with E-state index in [0.29, 0.717) is 52.7 Å². The molecule has 192 valence electrons. The molecule has 0 spiro atoms. The molecule has 14 heteroatoms. The van der Waals surface area contributed by atoms with E-state index in [-0.39, 0.29) is 36.8 Å². The highest BCUT2D eigenvalue weighted by molar-refractivity contribution is 5.65. The maximum absolute atomic E-state index is 11.1. The van der Waals surface area contributed by atoms with Gasteiger partial charge in [0.15, 0.2) is 0 Å². The van der Waals surface area contributed by atoms with Gasteiger partial charge in [-0.05, 0) is 12.5 Å². The monoisotopic (exact) mass is 489 g/mol. The fraction of sp³-hybridized carbons (Fsp3) is 0.700. The van der Waals surface area contributed by atoms with Crippen molar-refractivity contribution in [2.24, 2.45) is 0 Å². The number of aliphatic hydroxyl groups excluding tert-OH is 2. The number of aliphatic hydroxyl groups is 2. The van der Waals surface area contributed by atoms with Crippen molar-refractivity contribution < 1.29 is 43.7 Å². The summed E-state index contributed by atoms with van der Waals surface area (Å²) in [6.07, 6.45) is -1.85. The fourth-order valence-corrected chi connectivity index (χ4v) is 3.06. The second-order valence-corrected chi connectivity index (χ2v) is 7.31. The lowest BCUT2D eigenvalue weighted by atomic mass is 10.0. The summed E-state index contributed by atoms with van der Waals surface area (Å²) < 4.78 is 26.9. The Balaban J connectivity index is 1.42. The molecule has 0 aliphatic carbocycles. The van der Waals surface area contributed by atoms with E-state index in [1.165, 1.54) is 12.1 Å². The Morgan fingerprint density at radius 1 is 0.941 bits per heavy atom. The van der Waals surface area contributed by atoms with Crippen LogP contribution >= 0.6 is 0 Å². The van der Waals surface area contributed by atoms with Gasteiger partial charge < -0.3 is 39.2 Å². The van der Waals surface area contributed by atoms with E-state index in [2.05, 4.69) is 5.32 Å². The number of nitro benzene ring substituents is 2. The number of hydrogen-bond donors (Lipinski definition) is 3. The number of anilines is 1. The number of ether oxygens (including phenoxy) is 5. The van der Waals surface area contributed by atoms with Crippen LogP contribution in [-0.2, 0) is 23.7 Å². The first kappa shape index (κ1) is 27.8. The van der Waals surface area contributed by atoms with Crippen molar-refractivity contribution in [3.05, 3.63) is 38.4 Å². The van der Waals surface area contributed by atoms with E-state index in [1.807, 2.05) is 0 Å². The zero-order chi connectivity index (χ0) is 24.8. The van der Waals surface area contributed by atoms with E-state index in [4.69, 9.17) is 23.7 Å². The third-order valence-electron chi connectivity index (χ3n) is 4.87. The van der Waals surface area contributed by atoms with Crippen LogP contribution in [0.1, 0.15) is 6.42 Å². The van der Waals surface area contributed by atoms with E-state index in [1.54, 1.807) is 0 Å². The number of nitrogens with zero attached hydrogens (tertiary/aromatic N) is 2. The molecule has 3 N–H and O–H groups in total. The zero-order valence-corrected chi connectivity index (χ0v) is 18.7. The molecule has 1 aromatic carbocycles. The van der Waals surface area contributed by atoms with Crippen LogP contribution in [0.5, 0.6) is 0 Å². The SMILES string of the molecule is O=[N+]([O-])c1ccc(NCCOCCOCCOCCOCC2OCCC(O)C2O)c([N+](=O)[O-])c1. The van der Waals surface area contributed by atoms with Crippen LogP contribution in [0, 0.1) is 20.2 Å². The summed E-state index contributed by atoms with van der Waals surface area (Å²) in [5.74, 6) is 0. The molecule has 1 fully saturated rings. The largest absolute Gasteiger partial charge is 0.390 e. The Labute approximate surface area is 196 Å². The molecule has 0 aromatic heterocycles. The molecule has 3 unspecified atom stereocenters. The average molecular weight is 489 g/mol. The molecular formula is C20H31N3O11. The average Bonchev–Trinajstić information content (AvgIpc) is 2.81. The molecule has 1 aliphatic heterocycles. The standard InChI is InChI=1S/C20H31N3O11/c24-18-3-5-34-19(20(18)25)14-33-12-11-32-10-9-31-8-7-30-6-4-21-16-2-1-15(22(26)27)13-17(16)23(28)29/h1-2,13,18-21,24-25H,3-12,14H2. The van der Waals surface area contributed by atoms with Gasteiger partial charge in [0.05, 0.1) is 74.9 Å². The van der Waals surface area contributed by atoms with Gasteiger partial charge in [-0.15, -0.1) is 0 Å². The maximum atomic E-state index is 11.1. The van der Waals surface area contributed by atoms with Crippen molar-refractivity contribution in [1.82, 2.24) is 0 Å². The lowest BCUT2D eigenvalue weighted by Gasteiger charge is -2.31.